The lowest BCUT2D eigenvalue weighted by Gasteiger charge is -2.06. The molecule has 7 heteroatoms. The van der Waals surface area contributed by atoms with Gasteiger partial charge < -0.3 is 10.3 Å². The van der Waals surface area contributed by atoms with Crippen molar-refractivity contribution in [1.29, 1.82) is 0 Å². The molecule has 0 spiro atoms. The zero-order valence-corrected chi connectivity index (χ0v) is 19.8. The molecule has 0 fully saturated rings. The minimum Gasteiger partial charge on any atom is -0.329 e. The number of H-pyrrole nitrogens is 1. The third kappa shape index (κ3) is 4.16. The van der Waals surface area contributed by atoms with Crippen LogP contribution in [0.5, 0.6) is 0 Å². The van der Waals surface area contributed by atoms with Gasteiger partial charge in [-0.15, -0.1) is 0 Å². The Bertz CT molecular complexity index is 1720. The Balaban J connectivity index is 1.32. The van der Waals surface area contributed by atoms with Crippen LogP contribution < -0.4 is 15.3 Å². The van der Waals surface area contributed by atoms with Crippen LogP contribution in [0.25, 0.3) is 33.4 Å². The first kappa shape index (κ1) is 21.9. The van der Waals surface area contributed by atoms with Crippen LogP contribution in [0.3, 0.4) is 0 Å². The number of hydrogen-bond donors (Lipinski definition) is 2. The second-order valence-electron chi connectivity index (χ2n) is 8.82. The average Bonchev–Trinajstić information content (AvgIpc) is 3.27. The molecule has 0 amide bonds. The van der Waals surface area contributed by atoms with E-state index in [-0.39, 0.29) is 5.56 Å². The molecule has 0 radical (unpaired) electrons. The number of benzene rings is 2. The van der Waals surface area contributed by atoms with Gasteiger partial charge in [0.2, 0.25) is 5.56 Å². The van der Waals surface area contributed by atoms with Gasteiger partial charge in [-0.25, -0.2) is 4.40 Å². The summed E-state index contributed by atoms with van der Waals surface area (Å²) in [4.78, 5) is 18.7. The summed E-state index contributed by atoms with van der Waals surface area (Å²) in [6, 6.07) is 26.3. The van der Waals surface area contributed by atoms with Gasteiger partial charge in [-0.1, -0.05) is 53.2 Å². The van der Waals surface area contributed by atoms with E-state index in [1.807, 2.05) is 54.3 Å². The van der Waals surface area contributed by atoms with Crippen LogP contribution in [0, 0.1) is 6.92 Å². The lowest BCUT2D eigenvalue weighted by Crippen LogP contribution is -2.22. The maximum Gasteiger partial charge on any atom is 0.280 e. The molecule has 4 heterocycles. The highest BCUT2D eigenvalue weighted by molar-refractivity contribution is 5.92. The molecule has 2 aromatic carbocycles. The Morgan fingerprint density at radius 3 is 2.47 bits per heavy atom. The monoisotopic (exact) mass is 473 g/mol. The number of pyridine rings is 3. The Labute approximate surface area is 207 Å². The molecular formula is C29H25N6O+. The molecule has 6 aromatic rings. The van der Waals surface area contributed by atoms with Gasteiger partial charge in [0, 0.05) is 49.1 Å². The van der Waals surface area contributed by atoms with Crippen molar-refractivity contribution in [1.82, 2.24) is 25.1 Å². The zero-order chi connectivity index (χ0) is 24.5. The van der Waals surface area contributed by atoms with Gasteiger partial charge in [0.15, 0.2) is 0 Å². The van der Waals surface area contributed by atoms with Crippen LogP contribution in [0.4, 0.5) is 0 Å². The molecule has 0 bridgehead atoms. The van der Waals surface area contributed by atoms with Crippen molar-refractivity contribution in [3.63, 3.8) is 0 Å². The first-order valence-electron chi connectivity index (χ1n) is 11.9. The minimum atomic E-state index is -0.0891. The highest BCUT2D eigenvalue weighted by atomic mass is 16.1. The van der Waals surface area contributed by atoms with E-state index in [0.29, 0.717) is 6.54 Å². The van der Waals surface area contributed by atoms with Gasteiger partial charge in [-0.05, 0) is 41.0 Å². The highest BCUT2D eigenvalue weighted by Gasteiger charge is 2.21. The van der Waals surface area contributed by atoms with E-state index in [4.69, 9.17) is 10.1 Å². The second-order valence-corrected chi connectivity index (χ2v) is 8.82. The summed E-state index contributed by atoms with van der Waals surface area (Å²) in [5.74, 6) is 0.906. The fraction of sp³-hybridized carbons (Fsp3) is 0.103. The van der Waals surface area contributed by atoms with Gasteiger partial charge in [-0.3, -0.25) is 9.78 Å². The van der Waals surface area contributed by atoms with Crippen molar-refractivity contribution in [2.45, 2.75) is 20.0 Å². The van der Waals surface area contributed by atoms with Crippen LogP contribution in [0.2, 0.25) is 0 Å². The Kier molecular flexibility index (Phi) is 5.59. The molecule has 0 aliphatic carbocycles. The summed E-state index contributed by atoms with van der Waals surface area (Å²) in [6.07, 6.45) is 5.70. The third-order valence-corrected chi connectivity index (χ3v) is 6.36. The van der Waals surface area contributed by atoms with Gasteiger partial charge in [-0.2, -0.15) is 0 Å². The third-order valence-electron chi connectivity index (χ3n) is 6.36. The topological polar surface area (TPSA) is 79.7 Å². The lowest BCUT2D eigenvalue weighted by molar-refractivity contribution is -0.519. The summed E-state index contributed by atoms with van der Waals surface area (Å²) < 4.78 is 4.10. The van der Waals surface area contributed by atoms with Gasteiger partial charge in [0.1, 0.15) is 5.69 Å². The quantitative estimate of drug-likeness (QED) is 0.357. The second kappa shape index (κ2) is 9.20. The molecule has 176 valence electrons. The summed E-state index contributed by atoms with van der Waals surface area (Å²) in [6.45, 7) is 3.42. The van der Waals surface area contributed by atoms with Gasteiger partial charge in [0.25, 0.3) is 11.5 Å². The molecule has 0 atom stereocenters. The van der Waals surface area contributed by atoms with Crippen LogP contribution in [0.15, 0.2) is 102 Å². The van der Waals surface area contributed by atoms with Crippen molar-refractivity contribution in [2.24, 2.45) is 0 Å². The summed E-state index contributed by atoms with van der Waals surface area (Å²) in [7, 11) is 0. The zero-order valence-electron chi connectivity index (χ0n) is 19.8. The van der Waals surface area contributed by atoms with E-state index in [9.17, 15) is 4.79 Å². The van der Waals surface area contributed by atoms with Crippen molar-refractivity contribution >= 4 is 16.6 Å². The normalized spacial score (nSPS) is 11.4. The van der Waals surface area contributed by atoms with E-state index < -0.39 is 0 Å². The number of nitrogens with zero attached hydrogens (tertiary/aromatic N) is 4. The largest absolute Gasteiger partial charge is 0.329 e. The standard InChI is InChI=1S/C29H24N6O/c1-20-33-35(25-10-7-21(8-11-25)16-30-17-22-9-12-28(36)32-18-22)29-26-15-24(23-5-3-2-4-6-23)19-31-27(26)13-14-34(20)29/h2-15,18-19,30H,16-17H2,1H3/p+1. The van der Waals surface area contributed by atoms with Crippen molar-refractivity contribution < 1.29 is 4.40 Å². The number of hydrogen-bond acceptors (Lipinski definition) is 4. The average molecular weight is 474 g/mol. The molecule has 0 saturated carbocycles. The van der Waals surface area contributed by atoms with E-state index in [0.717, 1.165) is 51.3 Å². The Hall–Kier alpha value is -4.62. The van der Waals surface area contributed by atoms with E-state index >= 15 is 0 Å². The number of aromatic amines is 1. The molecule has 36 heavy (non-hydrogen) atoms. The smallest absolute Gasteiger partial charge is 0.280 e. The van der Waals surface area contributed by atoms with Gasteiger partial charge in [0.05, 0.1) is 17.1 Å². The summed E-state index contributed by atoms with van der Waals surface area (Å²) >= 11 is 0. The minimum absolute atomic E-state index is 0.0891. The Morgan fingerprint density at radius 2 is 1.69 bits per heavy atom. The van der Waals surface area contributed by atoms with Gasteiger partial charge >= 0.3 is 0 Å². The molecule has 6 rings (SSSR count). The maximum atomic E-state index is 11.2. The highest BCUT2D eigenvalue weighted by Crippen LogP contribution is 2.25. The van der Waals surface area contributed by atoms with Crippen LogP contribution >= 0.6 is 0 Å². The molecule has 4 aromatic heterocycles. The predicted octanol–water partition coefficient (Wildman–Crippen LogP) is 4.11. The van der Waals surface area contributed by atoms with Crippen molar-refractivity contribution in [3.05, 3.63) is 125 Å². The SMILES string of the molecule is Cc1nn(-c2ccc(CNCc3ccc(=O)[nH]c3)cc2)c2c3cc(-c4ccccc4)cnc3cc[n+]12. The van der Waals surface area contributed by atoms with Crippen molar-refractivity contribution in [3.8, 4) is 16.8 Å². The lowest BCUT2D eigenvalue weighted by atomic mass is 10.1. The van der Waals surface area contributed by atoms with Crippen LogP contribution in [-0.2, 0) is 13.1 Å². The number of nitrogens with one attached hydrogen (secondary N) is 2. The molecule has 0 unspecified atom stereocenters. The van der Waals surface area contributed by atoms with Crippen molar-refractivity contribution in [2.75, 3.05) is 0 Å². The fourth-order valence-corrected chi connectivity index (χ4v) is 4.48. The van der Waals surface area contributed by atoms with E-state index in [1.165, 1.54) is 5.56 Å². The molecular weight excluding hydrogens is 448 g/mol. The number of aromatic nitrogens is 5. The molecule has 0 aliphatic rings. The Morgan fingerprint density at radius 1 is 0.917 bits per heavy atom. The summed E-state index contributed by atoms with van der Waals surface area (Å²) in [5, 5.41) is 9.33. The first-order chi connectivity index (χ1) is 17.7. The number of rotatable bonds is 6. The first-order valence-corrected chi connectivity index (χ1v) is 11.9. The predicted molar refractivity (Wildman–Crippen MR) is 140 cm³/mol. The van der Waals surface area contributed by atoms with E-state index in [1.54, 1.807) is 12.3 Å². The summed E-state index contributed by atoms with van der Waals surface area (Å²) in [5.41, 5.74) is 7.23. The maximum absolute atomic E-state index is 11.2. The van der Waals surface area contributed by atoms with E-state index in [2.05, 4.69) is 57.2 Å². The van der Waals surface area contributed by atoms with Crippen LogP contribution in [0.1, 0.15) is 17.0 Å². The number of aryl methyl sites for hydroxylation is 1. The molecule has 2 N–H and O–H groups in total. The fourth-order valence-electron chi connectivity index (χ4n) is 4.48. The number of fused-ring (bicyclic) bond motifs is 3. The molecule has 0 saturated heterocycles. The van der Waals surface area contributed by atoms with Crippen LogP contribution in [-0.4, -0.2) is 19.7 Å². The molecule has 0 aliphatic heterocycles. The molecule has 7 nitrogen and oxygen atoms in total.